The molecule has 0 saturated carbocycles. The summed E-state index contributed by atoms with van der Waals surface area (Å²) in [6.07, 6.45) is -0.223. The fourth-order valence-corrected chi connectivity index (χ4v) is 1.30. The molecule has 0 heterocycles. The highest BCUT2D eigenvalue weighted by molar-refractivity contribution is 4.69. The van der Waals surface area contributed by atoms with Crippen molar-refractivity contribution in [3.63, 3.8) is 0 Å². The van der Waals surface area contributed by atoms with Crippen LogP contribution in [-0.4, -0.2) is 43.5 Å². The molecular formula is C11H24F2N2. The molecule has 92 valence electrons. The van der Waals surface area contributed by atoms with Crippen LogP contribution < -0.4 is 5.32 Å². The molecular weight excluding hydrogens is 198 g/mol. The zero-order chi connectivity index (χ0) is 11.9. The molecule has 0 bridgehead atoms. The molecule has 0 unspecified atom stereocenters. The van der Waals surface area contributed by atoms with Gasteiger partial charge >= 0.3 is 0 Å². The van der Waals surface area contributed by atoms with Crippen LogP contribution in [0.3, 0.4) is 0 Å². The van der Waals surface area contributed by atoms with Gasteiger partial charge in [-0.3, -0.25) is 0 Å². The predicted octanol–water partition coefficient (Wildman–Crippen LogP) is 2.35. The first-order chi connectivity index (χ1) is 6.81. The zero-order valence-electron chi connectivity index (χ0n) is 10.3. The van der Waals surface area contributed by atoms with E-state index < -0.39 is 6.43 Å². The van der Waals surface area contributed by atoms with E-state index in [9.17, 15) is 8.78 Å². The SMILES string of the molecule is CN(CCCCNC(C)(C)C)CC(F)F. The molecule has 4 heteroatoms. The van der Waals surface area contributed by atoms with Gasteiger partial charge < -0.3 is 10.2 Å². The predicted molar refractivity (Wildman–Crippen MR) is 60.5 cm³/mol. The summed E-state index contributed by atoms with van der Waals surface area (Å²) in [5.74, 6) is 0. The fourth-order valence-electron chi connectivity index (χ4n) is 1.30. The van der Waals surface area contributed by atoms with E-state index in [1.165, 1.54) is 0 Å². The topological polar surface area (TPSA) is 15.3 Å². The largest absolute Gasteiger partial charge is 0.312 e. The van der Waals surface area contributed by atoms with E-state index in [1.54, 1.807) is 11.9 Å². The molecule has 0 atom stereocenters. The number of hydrogen-bond acceptors (Lipinski definition) is 2. The first kappa shape index (κ1) is 14.8. The molecule has 0 amide bonds. The maximum absolute atomic E-state index is 12.0. The molecule has 0 aromatic rings. The number of nitrogens with one attached hydrogen (secondary N) is 1. The summed E-state index contributed by atoms with van der Waals surface area (Å²) in [6.45, 7) is 7.94. The van der Waals surface area contributed by atoms with Gasteiger partial charge in [0.15, 0.2) is 0 Å². The van der Waals surface area contributed by atoms with Crippen molar-refractivity contribution >= 4 is 0 Å². The molecule has 0 aromatic heterocycles. The van der Waals surface area contributed by atoms with Crippen molar-refractivity contribution < 1.29 is 8.78 Å². The first-order valence-electron chi connectivity index (χ1n) is 5.53. The number of nitrogens with zero attached hydrogens (tertiary/aromatic N) is 1. The number of hydrogen-bond donors (Lipinski definition) is 1. The minimum Gasteiger partial charge on any atom is -0.312 e. The second kappa shape index (κ2) is 7.12. The summed E-state index contributed by atoms with van der Waals surface area (Å²) in [5, 5.41) is 3.37. The van der Waals surface area contributed by atoms with Gasteiger partial charge in [-0.2, -0.15) is 0 Å². The molecule has 0 aromatic carbocycles. The molecule has 0 aliphatic rings. The number of halogens is 2. The summed E-state index contributed by atoms with van der Waals surface area (Å²) in [7, 11) is 1.74. The quantitative estimate of drug-likeness (QED) is 0.665. The van der Waals surface area contributed by atoms with Gasteiger partial charge in [0, 0.05) is 5.54 Å². The zero-order valence-corrected chi connectivity index (χ0v) is 10.3. The van der Waals surface area contributed by atoms with Crippen LogP contribution in [0.15, 0.2) is 0 Å². The van der Waals surface area contributed by atoms with E-state index in [2.05, 4.69) is 26.1 Å². The van der Waals surface area contributed by atoms with Crippen molar-refractivity contribution in [1.82, 2.24) is 10.2 Å². The number of alkyl halides is 2. The Balaban J connectivity index is 3.31. The normalized spacial score (nSPS) is 12.8. The lowest BCUT2D eigenvalue weighted by Crippen LogP contribution is -2.36. The third kappa shape index (κ3) is 11.7. The van der Waals surface area contributed by atoms with Gasteiger partial charge in [0.25, 0.3) is 6.43 Å². The number of rotatable bonds is 7. The van der Waals surface area contributed by atoms with E-state index in [0.717, 1.165) is 25.9 Å². The summed E-state index contributed by atoms with van der Waals surface area (Å²) in [4.78, 5) is 1.68. The minimum atomic E-state index is -2.22. The van der Waals surface area contributed by atoms with Crippen LogP contribution in [0.5, 0.6) is 0 Å². The minimum absolute atomic E-state index is 0.118. The summed E-state index contributed by atoms with van der Waals surface area (Å²) in [6, 6.07) is 0. The van der Waals surface area contributed by atoms with Crippen LogP contribution in [0, 0.1) is 0 Å². The molecule has 0 spiro atoms. The Morgan fingerprint density at radius 2 is 1.80 bits per heavy atom. The number of unbranched alkanes of at least 4 members (excludes halogenated alkanes) is 1. The average molecular weight is 222 g/mol. The molecule has 0 aliphatic carbocycles. The van der Waals surface area contributed by atoms with Gasteiger partial charge in [-0.1, -0.05) is 0 Å². The van der Waals surface area contributed by atoms with Gasteiger partial charge in [0.2, 0.25) is 0 Å². The highest BCUT2D eigenvalue weighted by atomic mass is 19.3. The fraction of sp³-hybridized carbons (Fsp3) is 1.00. The molecule has 0 saturated heterocycles. The van der Waals surface area contributed by atoms with Gasteiger partial charge in [-0.05, 0) is 53.8 Å². The van der Waals surface area contributed by atoms with Crippen molar-refractivity contribution in [2.24, 2.45) is 0 Å². The Bertz CT molecular complexity index is 155. The van der Waals surface area contributed by atoms with Crippen LogP contribution in [-0.2, 0) is 0 Å². The Hall–Kier alpha value is -0.220. The lowest BCUT2D eigenvalue weighted by molar-refractivity contribution is 0.0996. The van der Waals surface area contributed by atoms with Crippen molar-refractivity contribution in [3.8, 4) is 0 Å². The van der Waals surface area contributed by atoms with E-state index in [-0.39, 0.29) is 12.1 Å². The van der Waals surface area contributed by atoms with E-state index >= 15 is 0 Å². The molecule has 0 radical (unpaired) electrons. The second-order valence-electron chi connectivity index (χ2n) is 5.04. The maximum atomic E-state index is 12.0. The van der Waals surface area contributed by atoms with Crippen LogP contribution in [0.25, 0.3) is 0 Å². The van der Waals surface area contributed by atoms with Crippen LogP contribution in [0.1, 0.15) is 33.6 Å². The van der Waals surface area contributed by atoms with Gasteiger partial charge in [0.1, 0.15) is 0 Å². The van der Waals surface area contributed by atoms with Gasteiger partial charge in [-0.25, -0.2) is 8.78 Å². The summed E-state index contributed by atoms with van der Waals surface area (Å²) < 4.78 is 23.9. The molecule has 2 nitrogen and oxygen atoms in total. The molecule has 0 fully saturated rings. The monoisotopic (exact) mass is 222 g/mol. The average Bonchev–Trinajstić information content (AvgIpc) is 1.99. The molecule has 15 heavy (non-hydrogen) atoms. The third-order valence-electron chi connectivity index (χ3n) is 2.07. The van der Waals surface area contributed by atoms with E-state index in [1.807, 2.05) is 0 Å². The highest BCUT2D eigenvalue weighted by Crippen LogP contribution is 2.01. The lowest BCUT2D eigenvalue weighted by Gasteiger charge is -2.21. The van der Waals surface area contributed by atoms with Crippen LogP contribution in [0.4, 0.5) is 8.78 Å². The highest BCUT2D eigenvalue weighted by Gasteiger charge is 2.08. The Morgan fingerprint density at radius 1 is 1.20 bits per heavy atom. The van der Waals surface area contributed by atoms with E-state index in [4.69, 9.17) is 0 Å². The van der Waals surface area contributed by atoms with Crippen molar-refractivity contribution in [2.45, 2.75) is 45.6 Å². The summed E-state index contributed by atoms with van der Waals surface area (Å²) in [5.41, 5.74) is 0.148. The van der Waals surface area contributed by atoms with Gasteiger partial charge in [-0.15, -0.1) is 0 Å². The Labute approximate surface area is 92.0 Å². The van der Waals surface area contributed by atoms with Crippen molar-refractivity contribution in [1.29, 1.82) is 0 Å². The second-order valence-corrected chi connectivity index (χ2v) is 5.04. The molecule has 1 N–H and O–H groups in total. The van der Waals surface area contributed by atoms with Crippen LogP contribution in [0.2, 0.25) is 0 Å². The Morgan fingerprint density at radius 3 is 2.27 bits per heavy atom. The summed E-state index contributed by atoms with van der Waals surface area (Å²) >= 11 is 0. The van der Waals surface area contributed by atoms with Gasteiger partial charge in [0.05, 0.1) is 6.54 Å². The Kier molecular flexibility index (Phi) is 7.02. The van der Waals surface area contributed by atoms with Crippen molar-refractivity contribution in [3.05, 3.63) is 0 Å². The van der Waals surface area contributed by atoms with Crippen LogP contribution >= 0.6 is 0 Å². The lowest BCUT2D eigenvalue weighted by atomic mass is 10.1. The first-order valence-corrected chi connectivity index (χ1v) is 5.53. The third-order valence-corrected chi connectivity index (χ3v) is 2.07. The van der Waals surface area contributed by atoms with Crippen molar-refractivity contribution in [2.75, 3.05) is 26.7 Å². The maximum Gasteiger partial charge on any atom is 0.251 e. The molecule has 0 rings (SSSR count). The standard InChI is InChI=1S/C11H24F2N2/c1-11(2,3)14-7-5-6-8-15(4)9-10(12)13/h10,14H,5-9H2,1-4H3. The smallest absolute Gasteiger partial charge is 0.251 e. The van der Waals surface area contributed by atoms with E-state index in [0.29, 0.717) is 0 Å². The molecule has 0 aliphatic heterocycles.